The second-order valence-corrected chi connectivity index (χ2v) is 8.78. The number of hydrogen-bond donors (Lipinski definition) is 1. The minimum atomic E-state index is -0.648. The van der Waals surface area contributed by atoms with E-state index >= 15 is 0 Å². The molecule has 2 saturated heterocycles. The van der Waals surface area contributed by atoms with Crippen molar-refractivity contribution in [1.82, 2.24) is 0 Å². The molecule has 2 aliphatic heterocycles. The van der Waals surface area contributed by atoms with Gasteiger partial charge < -0.3 is 19.3 Å². The fraction of sp³-hybridized carbons (Fsp3) is 0.900. The van der Waals surface area contributed by atoms with Gasteiger partial charge in [-0.1, -0.05) is 0 Å². The molecular weight excluding hydrogens is 334 g/mol. The van der Waals surface area contributed by atoms with Crippen molar-refractivity contribution in [2.24, 2.45) is 11.3 Å². The highest BCUT2D eigenvalue weighted by Crippen LogP contribution is 2.43. The Balaban J connectivity index is 1.81. The van der Waals surface area contributed by atoms with Crippen molar-refractivity contribution in [3.8, 4) is 6.07 Å². The van der Waals surface area contributed by atoms with Gasteiger partial charge in [0.05, 0.1) is 43.0 Å². The van der Waals surface area contributed by atoms with Gasteiger partial charge in [0.2, 0.25) is 0 Å². The van der Waals surface area contributed by atoms with E-state index in [0.29, 0.717) is 19.4 Å². The minimum Gasteiger partial charge on any atom is -0.465 e. The number of rotatable bonds is 7. The first-order valence-corrected chi connectivity index (χ1v) is 9.71. The van der Waals surface area contributed by atoms with E-state index in [4.69, 9.17) is 19.5 Å². The fourth-order valence-corrected chi connectivity index (χ4v) is 3.78. The monoisotopic (exact) mass is 367 g/mol. The Hall–Kier alpha value is -1.16. The van der Waals surface area contributed by atoms with Crippen LogP contribution in [-0.4, -0.2) is 48.2 Å². The summed E-state index contributed by atoms with van der Waals surface area (Å²) in [6.07, 6.45) is 4.47. The maximum absolute atomic E-state index is 11.8. The molecule has 0 aromatic heterocycles. The zero-order chi connectivity index (χ0) is 19.4. The van der Waals surface area contributed by atoms with Gasteiger partial charge in [0.1, 0.15) is 5.60 Å². The molecular formula is C20H33NO5. The van der Waals surface area contributed by atoms with E-state index in [1.54, 1.807) is 0 Å². The zero-order valence-electron chi connectivity index (χ0n) is 16.5. The summed E-state index contributed by atoms with van der Waals surface area (Å²) in [5.74, 6) is -0.244. The molecule has 0 aromatic rings. The summed E-state index contributed by atoms with van der Waals surface area (Å²) in [4.78, 5) is 11.8. The molecule has 2 rings (SSSR count). The number of fused-ring (bicyclic) bond motifs is 1. The van der Waals surface area contributed by atoms with Crippen LogP contribution < -0.4 is 0 Å². The number of aliphatic hydroxyl groups is 1. The van der Waals surface area contributed by atoms with Gasteiger partial charge in [-0.05, 0) is 59.8 Å². The molecule has 5 atom stereocenters. The third-order valence-corrected chi connectivity index (χ3v) is 5.29. The molecule has 0 bridgehead atoms. The van der Waals surface area contributed by atoms with E-state index in [0.717, 1.165) is 25.7 Å². The van der Waals surface area contributed by atoms with Crippen LogP contribution in [0.3, 0.4) is 0 Å². The van der Waals surface area contributed by atoms with Crippen molar-refractivity contribution in [2.45, 2.75) is 90.1 Å². The lowest BCUT2D eigenvalue weighted by Crippen LogP contribution is -2.51. The summed E-state index contributed by atoms with van der Waals surface area (Å²) in [5, 5.41) is 19.0. The molecule has 0 unspecified atom stereocenters. The molecule has 1 N–H and O–H groups in total. The van der Waals surface area contributed by atoms with Crippen LogP contribution in [0.1, 0.15) is 66.2 Å². The number of ether oxygens (including phenoxy) is 3. The Morgan fingerprint density at radius 3 is 2.73 bits per heavy atom. The first kappa shape index (κ1) is 21.1. The highest BCUT2D eigenvalue weighted by atomic mass is 16.6. The number of esters is 1. The molecule has 0 radical (unpaired) electrons. The van der Waals surface area contributed by atoms with Gasteiger partial charge >= 0.3 is 5.97 Å². The summed E-state index contributed by atoms with van der Waals surface area (Å²) in [6, 6.07) is 2.25. The number of nitrogens with zero attached hydrogens (tertiary/aromatic N) is 1. The molecule has 0 spiro atoms. The predicted molar refractivity (Wildman–Crippen MR) is 96.2 cm³/mol. The van der Waals surface area contributed by atoms with Crippen molar-refractivity contribution in [1.29, 1.82) is 5.26 Å². The van der Waals surface area contributed by atoms with E-state index in [9.17, 15) is 9.90 Å². The van der Waals surface area contributed by atoms with E-state index < -0.39 is 11.0 Å². The average Bonchev–Trinajstić information content (AvgIpc) is 2.95. The molecule has 0 saturated carbocycles. The summed E-state index contributed by atoms with van der Waals surface area (Å²) in [5.41, 5.74) is -1.13. The van der Waals surface area contributed by atoms with Crippen LogP contribution in [0.5, 0.6) is 0 Å². The molecule has 6 heteroatoms. The largest absolute Gasteiger partial charge is 0.465 e. The third-order valence-electron chi connectivity index (χ3n) is 5.29. The molecule has 2 heterocycles. The Morgan fingerprint density at radius 2 is 2.12 bits per heavy atom. The standard InChI is InChI=1S/C20H33NO5/c1-14(12-21)10-15-7-8-17-20(13-22,26-15)11-16(25-17)6-5-9-24-18(23)19(2,3)4/h14-17,22H,5-11,13H2,1-4H3/t14-,15-,16+,17+,20-/m1/s1. The molecule has 2 aliphatic rings. The Labute approximate surface area is 156 Å². The molecule has 6 nitrogen and oxygen atoms in total. The zero-order valence-corrected chi connectivity index (χ0v) is 16.5. The maximum atomic E-state index is 11.8. The number of carbonyl (C=O) groups excluding carboxylic acids is 1. The molecule has 0 aliphatic carbocycles. The maximum Gasteiger partial charge on any atom is 0.311 e. The Bertz CT molecular complexity index is 523. The molecule has 0 aromatic carbocycles. The van der Waals surface area contributed by atoms with Gasteiger partial charge in [0.15, 0.2) is 0 Å². The highest BCUT2D eigenvalue weighted by molar-refractivity contribution is 5.75. The van der Waals surface area contributed by atoms with E-state index in [1.807, 2.05) is 27.7 Å². The smallest absolute Gasteiger partial charge is 0.311 e. The summed E-state index contributed by atoms with van der Waals surface area (Å²) < 4.78 is 17.7. The number of aliphatic hydroxyl groups excluding tert-OH is 1. The average molecular weight is 367 g/mol. The van der Waals surface area contributed by atoms with Gasteiger partial charge in [-0.15, -0.1) is 0 Å². The van der Waals surface area contributed by atoms with E-state index in [-0.39, 0.29) is 36.8 Å². The van der Waals surface area contributed by atoms with Crippen LogP contribution in [0, 0.1) is 22.7 Å². The topological polar surface area (TPSA) is 88.8 Å². The molecule has 148 valence electrons. The highest BCUT2D eigenvalue weighted by Gasteiger charge is 2.52. The van der Waals surface area contributed by atoms with Crippen molar-refractivity contribution < 1.29 is 24.1 Å². The summed E-state index contributed by atoms with van der Waals surface area (Å²) in [7, 11) is 0. The summed E-state index contributed by atoms with van der Waals surface area (Å²) in [6.45, 7) is 7.73. The molecule has 0 amide bonds. The van der Waals surface area contributed by atoms with Crippen molar-refractivity contribution in [3.63, 3.8) is 0 Å². The molecule has 26 heavy (non-hydrogen) atoms. The van der Waals surface area contributed by atoms with Gasteiger partial charge in [-0.3, -0.25) is 4.79 Å². The van der Waals surface area contributed by atoms with E-state index in [1.165, 1.54) is 0 Å². The lowest BCUT2D eigenvalue weighted by molar-refractivity contribution is -0.185. The predicted octanol–water partition coefficient (Wildman–Crippen LogP) is 2.97. The van der Waals surface area contributed by atoms with Gasteiger partial charge in [-0.25, -0.2) is 0 Å². The van der Waals surface area contributed by atoms with Crippen LogP contribution in [0.15, 0.2) is 0 Å². The number of nitriles is 1. The van der Waals surface area contributed by atoms with Crippen LogP contribution >= 0.6 is 0 Å². The lowest BCUT2D eigenvalue weighted by atomic mass is 9.85. The fourth-order valence-electron chi connectivity index (χ4n) is 3.78. The van der Waals surface area contributed by atoms with E-state index in [2.05, 4.69) is 6.07 Å². The molecule has 2 fully saturated rings. The SMILES string of the molecule is C[C@@H](C#N)C[C@H]1CC[C@@H]2O[C@@H](CCCOC(=O)C(C)(C)C)C[C@]2(CO)O1. The van der Waals surface area contributed by atoms with Gasteiger partial charge in [-0.2, -0.15) is 5.26 Å². The van der Waals surface area contributed by atoms with Crippen LogP contribution in [0.4, 0.5) is 0 Å². The minimum absolute atomic E-state index is 0.00291. The second-order valence-electron chi connectivity index (χ2n) is 8.78. The Kier molecular flexibility index (Phi) is 7.06. The van der Waals surface area contributed by atoms with Crippen LogP contribution in [0.25, 0.3) is 0 Å². The lowest BCUT2D eigenvalue weighted by Gasteiger charge is -2.41. The van der Waals surface area contributed by atoms with Gasteiger partial charge in [0.25, 0.3) is 0 Å². The third kappa shape index (κ3) is 5.18. The number of hydrogen-bond acceptors (Lipinski definition) is 6. The second kappa shape index (κ2) is 8.69. The van der Waals surface area contributed by atoms with Gasteiger partial charge in [0, 0.05) is 12.3 Å². The Morgan fingerprint density at radius 1 is 1.38 bits per heavy atom. The van der Waals surface area contributed by atoms with Crippen LogP contribution in [-0.2, 0) is 19.0 Å². The van der Waals surface area contributed by atoms with Crippen molar-refractivity contribution in [2.75, 3.05) is 13.2 Å². The first-order chi connectivity index (χ1) is 12.2. The van der Waals surface area contributed by atoms with Crippen molar-refractivity contribution in [3.05, 3.63) is 0 Å². The number of carbonyl (C=O) groups is 1. The summed E-state index contributed by atoms with van der Waals surface area (Å²) >= 11 is 0. The van der Waals surface area contributed by atoms with Crippen molar-refractivity contribution >= 4 is 5.97 Å². The quantitative estimate of drug-likeness (QED) is 0.550. The van der Waals surface area contributed by atoms with Crippen LogP contribution in [0.2, 0.25) is 0 Å². The normalized spacial score (nSPS) is 32.5. The first-order valence-electron chi connectivity index (χ1n) is 9.71.